The standard InChI is InChI=1S/C21H18N4O2/c22-13-6-14-25-15-17(18-9-4-5-10-19(18)25)11-12-20(26)23-24-21(27)16-7-2-1-3-8-16/h1-5,7-12,15H,6,14H2,(H,23,26)(H,24,27)/b12-11+. The van der Waals surface area contributed by atoms with Gasteiger partial charge in [-0.2, -0.15) is 5.26 Å². The second kappa shape index (κ2) is 8.50. The average molecular weight is 358 g/mol. The highest BCUT2D eigenvalue weighted by atomic mass is 16.2. The molecule has 134 valence electrons. The Morgan fingerprint density at radius 3 is 2.56 bits per heavy atom. The van der Waals surface area contributed by atoms with Gasteiger partial charge in [-0.3, -0.25) is 20.4 Å². The number of para-hydroxylation sites is 1. The van der Waals surface area contributed by atoms with Crippen LogP contribution in [0.3, 0.4) is 0 Å². The molecule has 0 bridgehead atoms. The first kappa shape index (κ1) is 18.0. The zero-order chi connectivity index (χ0) is 19.1. The van der Waals surface area contributed by atoms with Crippen LogP contribution < -0.4 is 10.9 Å². The summed E-state index contributed by atoms with van der Waals surface area (Å²) in [4.78, 5) is 23.9. The first-order valence-electron chi connectivity index (χ1n) is 8.47. The zero-order valence-corrected chi connectivity index (χ0v) is 14.6. The van der Waals surface area contributed by atoms with Gasteiger partial charge in [-0.05, 0) is 24.3 Å². The second-order valence-corrected chi connectivity index (χ2v) is 5.85. The Hall–Kier alpha value is -3.85. The van der Waals surface area contributed by atoms with Crippen LogP contribution in [-0.4, -0.2) is 16.4 Å². The first-order valence-corrected chi connectivity index (χ1v) is 8.47. The number of hydrogen-bond donors (Lipinski definition) is 2. The first-order chi connectivity index (χ1) is 13.2. The van der Waals surface area contributed by atoms with Crippen LogP contribution in [0.15, 0.2) is 66.9 Å². The number of nitrogens with one attached hydrogen (secondary N) is 2. The molecule has 0 aliphatic heterocycles. The number of nitriles is 1. The monoisotopic (exact) mass is 358 g/mol. The number of aromatic nitrogens is 1. The predicted molar refractivity (Wildman–Crippen MR) is 103 cm³/mol. The molecule has 0 atom stereocenters. The topological polar surface area (TPSA) is 86.9 Å². The summed E-state index contributed by atoms with van der Waals surface area (Å²) in [6, 6.07) is 18.6. The molecular formula is C21H18N4O2. The summed E-state index contributed by atoms with van der Waals surface area (Å²) in [6.07, 6.45) is 5.37. The SMILES string of the molecule is N#CCCn1cc(/C=C/C(=O)NNC(=O)c2ccccc2)c2ccccc21. The van der Waals surface area contributed by atoms with Crippen LogP contribution in [0.4, 0.5) is 0 Å². The summed E-state index contributed by atoms with van der Waals surface area (Å²) in [7, 11) is 0. The molecule has 3 aromatic rings. The van der Waals surface area contributed by atoms with E-state index in [1.54, 1.807) is 30.3 Å². The van der Waals surface area contributed by atoms with Crippen LogP contribution in [-0.2, 0) is 11.3 Å². The minimum absolute atomic E-state index is 0.384. The number of amides is 2. The Labute approximate surface area is 156 Å². The largest absolute Gasteiger partial charge is 0.346 e. The number of aryl methyl sites for hydroxylation is 1. The van der Waals surface area contributed by atoms with Crippen molar-refractivity contribution in [3.05, 3.63) is 78.0 Å². The maximum absolute atomic E-state index is 12.0. The van der Waals surface area contributed by atoms with E-state index in [9.17, 15) is 9.59 Å². The molecule has 1 heterocycles. The zero-order valence-electron chi connectivity index (χ0n) is 14.6. The molecule has 0 saturated heterocycles. The van der Waals surface area contributed by atoms with E-state index in [0.29, 0.717) is 18.5 Å². The summed E-state index contributed by atoms with van der Waals surface area (Å²) < 4.78 is 1.99. The number of carbonyl (C=O) groups is 2. The van der Waals surface area contributed by atoms with E-state index < -0.39 is 5.91 Å². The van der Waals surface area contributed by atoms with Gasteiger partial charge >= 0.3 is 0 Å². The molecule has 0 unspecified atom stereocenters. The van der Waals surface area contributed by atoms with Crippen LogP contribution in [0.1, 0.15) is 22.3 Å². The lowest BCUT2D eigenvalue weighted by Crippen LogP contribution is -2.40. The third kappa shape index (κ3) is 4.41. The fraction of sp³-hybridized carbons (Fsp3) is 0.0952. The molecule has 0 radical (unpaired) electrons. The minimum atomic E-state index is -0.437. The van der Waals surface area contributed by atoms with Crippen LogP contribution >= 0.6 is 0 Å². The Kier molecular flexibility index (Phi) is 5.65. The molecule has 0 aliphatic rings. The molecule has 0 fully saturated rings. The number of rotatable bonds is 5. The van der Waals surface area contributed by atoms with E-state index in [1.807, 2.05) is 41.1 Å². The highest BCUT2D eigenvalue weighted by Crippen LogP contribution is 2.22. The fourth-order valence-corrected chi connectivity index (χ4v) is 2.75. The van der Waals surface area contributed by atoms with Gasteiger partial charge in [0.05, 0.1) is 12.5 Å². The molecular weight excluding hydrogens is 340 g/mol. The van der Waals surface area contributed by atoms with Crippen molar-refractivity contribution in [1.82, 2.24) is 15.4 Å². The molecule has 0 spiro atoms. The Morgan fingerprint density at radius 2 is 1.78 bits per heavy atom. The molecule has 0 saturated carbocycles. The smallest absolute Gasteiger partial charge is 0.269 e. The van der Waals surface area contributed by atoms with Gasteiger partial charge < -0.3 is 4.57 Å². The lowest BCUT2D eigenvalue weighted by molar-refractivity contribution is -0.117. The van der Waals surface area contributed by atoms with Crippen molar-refractivity contribution in [3.8, 4) is 6.07 Å². The summed E-state index contributed by atoms with van der Waals surface area (Å²) in [5.74, 6) is -0.821. The number of nitrogens with zero attached hydrogens (tertiary/aromatic N) is 2. The van der Waals surface area contributed by atoms with Crippen molar-refractivity contribution >= 4 is 28.8 Å². The summed E-state index contributed by atoms with van der Waals surface area (Å²) in [6.45, 7) is 0.587. The van der Waals surface area contributed by atoms with Gasteiger partial charge in [-0.15, -0.1) is 0 Å². The number of hydrazine groups is 1. The number of hydrogen-bond acceptors (Lipinski definition) is 3. The lowest BCUT2D eigenvalue weighted by atomic mass is 10.1. The van der Waals surface area contributed by atoms with E-state index in [1.165, 1.54) is 6.08 Å². The van der Waals surface area contributed by atoms with E-state index in [0.717, 1.165) is 16.5 Å². The van der Waals surface area contributed by atoms with Crippen molar-refractivity contribution in [2.24, 2.45) is 0 Å². The van der Waals surface area contributed by atoms with Crippen LogP contribution in [0.25, 0.3) is 17.0 Å². The molecule has 2 aromatic carbocycles. The number of benzene rings is 2. The molecule has 3 rings (SSSR count). The van der Waals surface area contributed by atoms with E-state index in [2.05, 4.69) is 16.9 Å². The highest BCUT2D eigenvalue weighted by Gasteiger charge is 2.07. The van der Waals surface area contributed by atoms with Gasteiger partial charge in [0.1, 0.15) is 0 Å². The lowest BCUT2D eigenvalue weighted by Gasteiger charge is -2.04. The molecule has 6 heteroatoms. The van der Waals surface area contributed by atoms with Gasteiger partial charge in [-0.25, -0.2) is 0 Å². The van der Waals surface area contributed by atoms with Gasteiger partial charge in [0, 0.05) is 40.8 Å². The van der Waals surface area contributed by atoms with E-state index in [4.69, 9.17) is 5.26 Å². The number of fused-ring (bicyclic) bond motifs is 1. The van der Waals surface area contributed by atoms with Crippen molar-refractivity contribution in [3.63, 3.8) is 0 Å². The average Bonchev–Trinajstić information content (AvgIpc) is 3.07. The minimum Gasteiger partial charge on any atom is -0.346 e. The van der Waals surface area contributed by atoms with Crippen LogP contribution in [0.5, 0.6) is 0 Å². The van der Waals surface area contributed by atoms with Crippen LogP contribution in [0.2, 0.25) is 0 Å². The Balaban J connectivity index is 1.67. The molecule has 0 aliphatic carbocycles. The quantitative estimate of drug-likeness (QED) is 0.543. The highest BCUT2D eigenvalue weighted by molar-refractivity contribution is 5.99. The van der Waals surface area contributed by atoms with Crippen molar-refractivity contribution in [1.29, 1.82) is 5.26 Å². The maximum Gasteiger partial charge on any atom is 0.269 e. The van der Waals surface area contributed by atoms with Gasteiger partial charge in [0.2, 0.25) is 0 Å². The van der Waals surface area contributed by atoms with Crippen molar-refractivity contribution in [2.75, 3.05) is 0 Å². The second-order valence-electron chi connectivity index (χ2n) is 5.85. The molecule has 27 heavy (non-hydrogen) atoms. The third-order valence-corrected chi connectivity index (χ3v) is 4.03. The summed E-state index contributed by atoms with van der Waals surface area (Å²) in [5.41, 5.74) is 7.07. The molecule has 1 aromatic heterocycles. The van der Waals surface area contributed by atoms with Crippen molar-refractivity contribution < 1.29 is 9.59 Å². The van der Waals surface area contributed by atoms with Gasteiger partial charge in [-0.1, -0.05) is 36.4 Å². The number of carbonyl (C=O) groups excluding carboxylic acids is 2. The van der Waals surface area contributed by atoms with Gasteiger partial charge in [0.15, 0.2) is 0 Å². The Bertz CT molecular complexity index is 1030. The Morgan fingerprint density at radius 1 is 1.04 bits per heavy atom. The molecule has 2 amide bonds. The molecule has 6 nitrogen and oxygen atoms in total. The van der Waals surface area contributed by atoms with E-state index >= 15 is 0 Å². The normalized spacial score (nSPS) is 10.6. The predicted octanol–water partition coefficient (Wildman–Crippen LogP) is 3.03. The summed E-state index contributed by atoms with van der Waals surface area (Å²) >= 11 is 0. The molecule has 2 N–H and O–H groups in total. The van der Waals surface area contributed by atoms with Gasteiger partial charge in [0.25, 0.3) is 11.8 Å². The van der Waals surface area contributed by atoms with Crippen molar-refractivity contribution in [2.45, 2.75) is 13.0 Å². The maximum atomic E-state index is 12.0. The van der Waals surface area contributed by atoms with Crippen LogP contribution in [0, 0.1) is 11.3 Å². The van der Waals surface area contributed by atoms with E-state index in [-0.39, 0.29) is 5.91 Å². The third-order valence-electron chi connectivity index (χ3n) is 4.03. The fourth-order valence-electron chi connectivity index (χ4n) is 2.75. The summed E-state index contributed by atoms with van der Waals surface area (Å²) in [5, 5.41) is 9.80.